The third kappa shape index (κ3) is 6.42. The fourth-order valence-electron chi connectivity index (χ4n) is 2.35. The van der Waals surface area contributed by atoms with Gasteiger partial charge in [0, 0.05) is 19.7 Å². The van der Waals surface area contributed by atoms with Crippen LogP contribution in [0.15, 0.2) is 23.1 Å². The van der Waals surface area contributed by atoms with Gasteiger partial charge in [-0.05, 0) is 37.0 Å². The molecule has 1 saturated heterocycles. The van der Waals surface area contributed by atoms with Gasteiger partial charge in [0.2, 0.25) is 10.0 Å². The zero-order valence-electron chi connectivity index (χ0n) is 15.0. The first kappa shape index (κ1) is 21.0. The lowest BCUT2D eigenvalue weighted by Gasteiger charge is -2.13. The molecule has 0 aromatic heterocycles. The van der Waals surface area contributed by atoms with Gasteiger partial charge in [-0.3, -0.25) is 4.79 Å². The van der Waals surface area contributed by atoms with Crippen LogP contribution in [0.5, 0.6) is 5.75 Å². The van der Waals surface area contributed by atoms with Crippen LogP contribution < -0.4 is 14.8 Å². The molecule has 0 spiro atoms. The smallest absolute Gasteiger partial charge is 0.258 e. The van der Waals surface area contributed by atoms with Gasteiger partial charge in [0.1, 0.15) is 5.75 Å². The molecule has 9 heteroatoms. The van der Waals surface area contributed by atoms with Crippen LogP contribution in [-0.2, 0) is 19.6 Å². The molecule has 1 unspecified atom stereocenters. The summed E-state index contributed by atoms with van der Waals surface area (Å²) in [6.45, 7) is 5.14. The van der Waals surface area contributed by atoms with Crippen LogP contribution in [0.4, 0.5) is 0 Å². The molecule has 2 rings (SSSR count). The predicted molar refractivity (Wildman–Crippen MR) is 99.0 cm³/mol. The minimum absolute atomic E-state index is 0.0540. The number of amides is 1. The van der Waals surface area contributed by atoms with Crippen molar-refractivity contribution in [1.29, 1.82) is 0 Å². The molecule has 1 aromatic carbocycles. The molecule has 0 aliphatic carbocycles. The van der Waals surface area contributed by atoms with E-state index in [1.54, 1.807) is 0 Å². The monoisotopic (exact) mass is 404 g/mol. The second-order valence-electron chi connectivity index (χ2n) is 6.57. The van der Waals surface area contributed by atoms with E-state index in [0.29, 0.717) is 13.1 Å². The molecule has 26 heavy (non-hydrogen) atoms. The molecule has 1 atom stereocenters. The molecule has 2 N–H and O–H groups in total. The molecule has 0 saturated carbocycles. The Morgan fingerprint density at radius 1 is 1.42 bits per heavy atom. The number of sulfonamides is 1. The molecule has 1 aliphatic heterocycles. The number of ether oxygens (including phenoxy) is 2. The molecule has 146 valence electrons. The number of hydrogen-bond donors (Lipinski definition) is 2. The zero-order valence-corrected chi connectivity index (χ0v) is 16.5. The molecule has 7 nitrogen and oxygen atoms in total. The molecular weight excluding hydrogens is 380 g/mol. The molecule has 1 amide bonds. The Morgan fingerprint density at radius 3 is 2.81 bits per heavy atom. The summed E-state index contributed by atoms with van der Waals surface area (Å²) >= 11 is 6.09. The number of hydrogen-bond acceptors (Lipinski definition) is 5. The number of carbonyl (C=O) groups is 1. The Hall–Kier alpha value is -1.35. The van der Waals surface area contributed by atoms with E-state index < -0.39 is 10.0 Å². The molecule has 1 heterocycles. The second-order valence-corrected chi connectivity index (χ2v) is 8.74. The van der Waals surface area contributed by atoms with Gasteiger partial charge in [-0.25, -0.2) is 13.1 Å². The zero-order chi connectivity index (χ0) is 19.2. The van der Waals surface area contributed by atoms with E-state index >= 15 is 0 Å². The van der Waals surface area contributed by atoms with E-state index in [1.807, 2.05) is 13.8 Å². The number of benzene rings is 1. The van der Waals surface area contributed by atoms with Crippen molar-refractivity contribution in [3.05, 3.63) is 23.2 Å². The average Bonchev–Trinajstić information content (AvgIpc) is 3.10. The van der Waals surface area contributed by atoms with Gasteiger partial charge < -0.3 is 14.8 Å². The van der Waals surface area contributed by atoms with Crippen LogP contribution >= 0.6 is 11.6 Å². The van der Waals surface area contributed by atoms with Gasteiger partial charge >= 0.3 is 0 Å². The second kappa shape index (κ2) is 9.55. The normalized spacial score (nSPS) is 17.5. The SMILES string of the molecule is CC(C)CNS(=O)(=O)c1ccc(OCC(=O)NCC2CCCO2)c(Cl)c1. The lowest BCUT2D eigenvalue weighted by molar-refractivity contribution is -0.123. The maximum atomic E-state index is 12.2. The summed E-state index contributed by atoms with van der Waals surface area (Å²) < 4.78 is 37.7. The van der Waals surface area contributed by atoms with Crippen LogP contribution in [0, 0.1) is 5.92 Å². The first-order valence-electron chi connectivity index (χ1n) is 8.58. The predicted octanol–water partition coefficient (Wildman–Crippen LogP) is 1.95. The number of halogens is 1. The van der Waals surface area contributed by atoms with Gasteiger partial charge in [-0.2, -0.15) is 0 Å². The minimum Gasteiger partial charge on any atom is -0.482 e. The van der Waals surface area contributed by atoms with Crippen LogP contribution in [0.25, 0.3) is 0 Å². The first-order valence-corrected chi connectivity index (χ1v) is 10.4. The molecule has 0 bridgehead atoms. The Labute approximate surface area is 159 Å². The number of rotatable bonds is 9. The van der Waals surface area contributed by atoms with E-state index in [2.05, 4.69) is 10.0 Å². The average molecular weight is 405 g/mol. The number of carbonyl (C=O) groups excluding carboxylic acids is 1. The van der Waals surface area contributed by atoms with Crippen LogP contribution in [0.1, 0.15) is 26.7 Å². The molecule has 0 radical (unpaired) electrons. The summed E-state index contributed by atoms with van der Waals surface area (Å²) in [7, 11) is -3.63. The van der Waals surface area contributed by atoms with Crippen LogP contribution in [-0.4, -0.2) is 46.7 Å². The van der Waals surface area contributed by atoms with E-state index in [0.717, 1.165) is 19.4 Å². The Morgan fingerprint density at radius 2 is 2.19 bits per heavy atom. The van der Waals surface area contributed by atoms with Crippen molar-refractivity contribution in [2.75, 3.05) is 26.3 Å². The van der Waals surface area contributed by atoms with Crippen molar-refractivity contribution in [2.24, 2.45) is 5.92 Å². The van der Waals surface area contributed by atoms with Gasteiger partial charge in [-0.15, -0.1) is 0 Å². The molecular formula is C17H25ClN2O5S. The summed E-state index contributed by atoms with van der Waals surface area (Å²) in [6.07, 6.45) is 2.01. The molecule has 1 aliphatic rings. The fourth-order valence-corrected chi connectivity index (χ4v) is 3.89. The Balaban J connectivity index is 1.87. The third-order valence-corrected chi connectivity index (χ3v) is 5.52. The largest absolute Gasteiger partial charge is 0.482 e. The van der Waals surface area contributed by atoms with Gasteiger partial charge in [0.05, 0.1) is 16.0 Å². The lowest BCUT2D eigenvalue weighted by atomic mass is 10.2. The fraction of sp³-hybridized carbons (Fsp3) is 0.588. The highest BCUT2D eigenvalue weighted by molar-refractivity contribution is 7.89. The quantitative estimate of drug-likeness (QED) is 0.656. The first-order chi connectivity index (χ1) is 12.3. The maximum absolute atomic E-state index is 12.2. The van der Waals surface area contributed by atoms with E-state index in [-0.39, 0.29) is 40.2 Å². The van der Waals surface area contributed by atoms with Gasteiger partial charge in [0.15, 0.2) is 6.61 Å². The van der Waals surface area contributed by atoms with Gasteiger partial charge in [-0.1, -0.05) is 25.4 Å². The van der Waals surface area contributed by atoms with Crippen molar-refractivity contribution in [3.8, 4) is 5.75 Å². The van der Waals surface area contributed by atoms with Gasteiger partial charge in [0.25, 0.3) is 5.91 Å². The summed E-state index contributed by atoms with van der Waals surface area (Å²) in [5.41, 5.74) is 0. The van der Waals surface area contributed by atoms with E-state index in [9.17, 15) is 13.2 Å². The highest BCUT2D eigenvalue weighted by atomic mass is 35.5. The minimum atomic E-state index is -3.63. The molecule has 1 fully saturated rings. The Kier molecular flexibility index (Phi) is 7.69. The topological polar surface area (TPSA) is 93.7 Å². The Bertz CT molecular complexity index is 718. The third-order valence-electron chi connectivity index (χ3n) is 3.80. The van der Waals surface area contributed by atoms with Crippen molar-refractivity contribution < 1.29 is 22.7 Å². The van der Waals surface area contributed by atoms with Crippen molar-refractivity contribution >= 4 is 27.5 Å². The van der Waals surface area contributed by atoms with Crippen molar-refractivity contribution in [1.82, 2.24) is 10.0 Å². The highest BCUT2D eigenvalue weighted by Crippen LogP contribution is 2.27. The standard InChI is InChI=1S/C17H25ClN2O5S/c1-12(2)9-20-26(22,23)14-5-6-16(15(18)8-14)25-11-17(21)19-10-13-4-3-7-24-13/h5-6,8,12-13,20H,3-4,7,9-11H2,1-2H3,(H,19,21). The molecule has 1 aromatic rings. The lowest BCUT2D eigenvalue weighted by Crippen LogP contribution is -2.35. The number of nitrogens with one attached hydrogen (secondary N) is 2. The van der Waals surface area contributed by atoms with Crippen molar-refractivity contribution in [3.63, 3.8) is 0 Å². The van der Waals surface area contributed by atoms with E-state index in [4.69, 9.17) is 21.1 Å². The van der Waals surface area contributed by atoms with E-state index in [1.165, 1.54) is 18.2 Å². The summed E-state index contributed by atoms with van der Waals surface area (Å²) in [4.78, 5) is 11.9. The highest BCUT2D eigenvalue weighted by Gasteiger charge is 2.18. The van der Waals surface area contributed by atoms with Crippen LogP contribution in [0.3, 0.4) is 0 Å². The summed E-state index contributed by atoms with van der Waals surface area (Å²) in [6, 6.07) is 4.15. The van der Waals surface area contributed by atoms with Crippen molar-refractivity contribution in [2.45, 2.75) is 37.7 Å². The maximum Gasteiger partial charge on any atom is 0.258 e. The summed E-state index contributed by atoms with van der Waals surface area (Å²) in [5, 5.41) is 2.87. The summed E-state index contributed by atoms with van der Waals surface area (Å²) in [5.74, 6) is 0.157. The van der Waals surface area contributed by atoms with Crippen LogP contribution in [0.2, 0.25) is 5.02 Å².